The summed E-state index contributed by atoms with van der Waals surface area (Å²) in [7, 11) is 4.50. The number of likely N-dealkylation sites (N-methyl/N-ethyl adjacent to an activating group) is 1. The number of likely N-dealkylation sites (tertiary alicyclic amines) is 1. The number of fused-ring (bicyclic) bond motifs is 8. The topological polar surface area (TPSA) is 61.5 Å². The second-order valence-electron chi connectivity index (χ2n) is 13.3. The lowest BCUT2D eigenvalue weighted by Crippen LogP contribution is -2.46. The molecule has 5 atom stereocenters. The first-order valence-electron chi connectivity index (χ1n) is 15.7. The van der Waals surface area contributed by atoms with Gasteiger partial charge in [0.05, 0.1) is 17.6 Å². The molecule has 2 saturated heterocycles. The zero-order valence-corrected chi connectivity index (χ0v) is 24.5. The maximum atomic E-state index is 11.1. The van der Waals surface area contributed by atoms with Gasteiger partial charge in [-0.2, -0.15) is 0 Å². The van der Waals surface area contributed by atoms with Crippen molar-refractivity contribution >= 4 is 21.8 Å². The molecule has 2 aromatic carbocycles. The van der Waals surface area contributed by atoms with Gasteiger partial charge in [-0.25, -0.2) is 0 Å². The van der Waals surface area contributed by atoms with Crippen LogP contribution >= 0.6 is 0 Å². The summed E-state index contributed by atoms with van der Waals surface area (Å²) < 4.78 is 0. The van der Waals surface area contributed by atoms with E-state index in [0.717, 1.165) is 63.8 Å². The van der Waals surface area contributed by atoms with E-state index in [1.807, 2.05) is 6.07 Å². The molecule has 0 radical (unpaired) electrons. The summed E-state index contributed by atoms with van der Waals surface area (Å²) in [5.74, 6) is 1.49. The molecule has 6 nitrogen and oxygen atoms in total. The summed E-state index contributed by atoms with van der Waals surface area (Å²) in [4.78, 5) is 15.5. The average molecular weight is 550 g/mol. The number of rotatable bonds is 4. The number of aromatic hydroxyl groups is 1. The van der Waals surface area contributed by atoms with Crippen LogP contribution in [0.2, 0.25) is 0 Å². The van der Waals surface area contributed by atoms with Crippen LogP contribution in [0.15, 0.2) is 49.1 Å². The van der Waals surface area contributed by atoms with Crippen LogP contribution in [0, 0.1) is 11.8 Å². The van der Waals surface area contributed by atoms with Crippen molar-refractivity contribution in [2.75, 3.05) is 40.3 Å². The lowest BCUT2D eigenvalue weighted by molar-refractivity contribution is 0.0515. The van der Waals surface area contributed by atoms with Gasteiger partial charge in [0.15, 0.2) is 0 Å². The number of benzene rings is 2. The van der Waals surface area contributed by atoms with Gasteiger partial charge in [-0.15, -0.1) is 6.58 Å². The molecule has 2 aromatic heterocycles. The number of nitrogens with zero attached hydrogens (tertiary/aromatic N) is 3. The number of aromatic nitrogens is 2. The Morgan fingerprint density at radius 1 is 0.927 bits per heavy atom. The highest BCUT2D eigenvalue weighted by Crippen LogP contribution is 2.49. The summed E-state index contributed by atoms with van der Waals surface area (Å²) in [6.07, 6.45) is 8.99. The van der Waals surface area contributed by atoms with Crippen LogP contribution in [-0.2, 0) is 12.8 Å². The molecule has 6 heteroatoms. The Balaban J connectivity index is 1.15. The van der Waals surface area contributed by atoms with Crippen molar-refractivity contribution in [3.63, 3.8) is 0 Å². The van der Waals surface area contributed by atoms with Crippen molar-refractivity contribution < 1.29 is 5.11 Å². The molecule has 3 N–H and O–H groups in total. The van der Waals surface area contributed by atoms with Gasteiger partial charge in [0, 0.05) is 58.9 Å². The van der Waals surface area contributed by atoms with Crippen LogP contribution in [0.4, 0.5) is 0 Å². The van der Waals surface area contributed by atoms with Gasteiger partial charge in [-0.05, 0) is 100 Å². The maximum Gasteiger partial charge on any atom is 0.122 e. The molecule has 0 saturated carbocycles. The number of H-pyrrole nitrogens is 2. The SMILES string of the molecule is C=C[C@H]1CN2CCc3c([nH]c4c([C@H]5CCCN5C)c(O)ccc34)[C@@H]2C[C@@H]1C[C@H]1c2[nH]c3ccccc3c2CCN1C. The van der Waals surface area contributed by atoms with Crippen LogP contribution in [0.3, 0.4) is 0 Å². The minimum Gasteiger partial charge on any atom is -0.508 e. The second-order valence-corrected chi connectivity index (χ2v) is 13.3. The van der Waals surface area contributed by atoms with Crippen molar-refractivity contribution in [1.82, 2.24) is 24.7 Å². The van der Waals surface area contributed by atoms with Gasteiger partial charge < -0.3 is 15.1 Å². The normalized spacial score (nSPS) is 29.1. The van der Waals surface area contributed by atoms with Crippen molar-refractivity contribution in [1.29, 1.82) is 0 Å². The first kappa shape index (κ1) is 25.6. The Hall–Kier alpha value is -3.06. The molecule has 0 spiro atoms. The van der Waals surface area contributed by atoms with Gasteiger partial charge >= 0.3 is 0 Å². The highest BCUT2D eigenvalue weighted by atomic mass is 16.3. The zero-order chi connectivity index (χ0) is 27.8. The van der Waals surface area contributed by atoms with E-state index in [2.05, 4.69) is 81.7 Å². The van der Waals surface area contributed by atoms with E-state index in [4.69, 9.17) is 0 Å². The van der Waals surface area contributed by atoms with E-state index in [9.17, 15) is 5.11 Å². The third kappa shape index (κ3) is 3.94. The first-order chi connectivity index (χ1) is 20.0. The third-order valence-electron chi connectivity index (χ3n) is 11.2. The minimum atomic E-state index is 0.284. The van der Waals surface area contributed by atoms with E-state index >= 15 is 0 Å². The fourth-order valence-corrected chi connectivity index (χ4v) is 9.04. The summed E-state index contributed by atoms with van der Waals surface area (Å²) in [6.45, 7) is 8.70. The summed E-state index contributed by atoms with van der Waals surface area (Å²) in [5.41, 5.74) is 9.38. The van der Waals surface area contributed by atoms with Gasteiger partial charge in [-0.1, -0.05) is 24.3 Å². The fraction of sp³-hybridized carbons (Fsp3) is 0.486. The third-order valence-corrected chi connectivity index (χ3v) is 11.2. The predicted molar refractivity (Wildman–Crippen MR) is 166 cm³/mol. The zero-order valence-electron chi connectivity index (χ0n) is 24.5. The highest BCUT2D eigenvalue weighted by Gasteiger charge is 2.42. The number of para-hydroxylation sites is 1. The number of piperidine rings is 1. The second kappa shape index (κ2) is 9.75. The molecule has 4 aliphatic heterocycles. The molecule has 8 rings (SSSR count). The summed E-state index contributed by atoms with van der Waals surface area (Å²) in [5, 5.41) is 13.8. The van der Waals surface area contributed by atoms with Gasteiger partial charge in [0.2, 0.25) is 0 Å². The monoisotopic (exact) mass is 549 g/mol. The smallest absolute Gasteiger partial charge is 0.122 e. The van der Waals surface area contributed by atoms with Crippen LogP contribution in [0.5, 0.6) is 5.75 Å². The molecule has 0 unspecified atom stereocenters. The minimum absolute atomic E-state index is 0.284. The van der Waals surface area contributed by atoms with Crippen LogP contribution in [0.1, 0.15) is 71.9 Å². The van der Waals surface area contributed by atoms with Crippen molar-refractivity contribution in [2.45, 2.75) is 56.7 Å². The van der Waals surface area contributed by atoms with Gasteiger partial charge in [0.25, 0.3) is 0 Å². The quantitative estimate of drug-likeness (QED) is 0.256. The molecule has 2 fully saturated rings. The Morgan fingerprint density at radius 2 is 1.76 bits per heavy atom. The van der Waals surface area contributed by atoms with E-state index in [-0.39, 0.29) is 6.04 Å². The summed E-state index contributed by atoms with van der Waals surface area (Å²) in [6, 6.07) is 14.0. The maximum absolute atomic E-state index is 11.1. The standard InChI is InChI=1S/C35H43N5O/c1-4-21-20-40-17-14-26-24-11-12-31(41)32(28-10-7-15-38(28)2)35(24)37-34(26)30(40)19-22(21)18-29-33-25(13-16-39(29)3)23-8-5-6-9-27(23)36-33/h4-6,8-9,11-12,21-22,28-30,36-37,41H,1,7,10,13-20H2,2-3H3/t21-,22-,28+,29-,30-/m0/s1. The molecular weight excluding hydrogens is 506 g/mol. The number of hydrogen-bond acceptors (Lipinski definition) is 4. The molecule has 0 aliphatic carbocycles. The van der Waals surface area contributed by atoms with Crippen molar-refractivity contribution in [2.24, 2.45) is 11.8 Å². The van der Waals surface area contributed by atoms with Gasteiger partial charge in [-0.3, -0.25) is 14.7 Å². The number of aromatic amines is 2. The molecule has 6 heterocycles. The molecule has 0 amide bonds. The Kier molecular flexibility index (Phi) is 6.10. The largest absolute Gasteiger partial charge is 0.508 e. The van der Waals surface area contributed by atoms with E-state index < -0.39 is 0 Å². The molecule has 4 aromatic rings. The Bertz CT molecular complexity index is 1630. The lowest BCUT2D eigenvalue weighted by Gasteiger charge is -2.47. The molecule has 41 heavy (non-hydrogen) atoms. The van der Waals surface area contributed by atoms with E-state index in [0.29, 0.717) is 29.7 Å². The Morgan fingerprint density at radius 3 is 2.59 bits per heavy atom. The van der Waals surface area contributed by atoms with E-state index in [1.165, 1.54) is 50.7 Å². The van der Waals surface area contributed by atoms with Crippen LogP contribution in [0.25, 0.3) is 21.8 Å². The lowest BCUT2D eigenvalue weighted by atomic mass is 9.74. The number of phenolic OH excluding ortho intramolecular Hbond substituents is 1. The average Bonchev–Trinajstić information content (AvgIpc) is 3.69. The van der Waals surface area contributed by atoms with Crippen LogP contribution in [-0.4, -0.2) is 70.0 Å². The molecule has 4 aliphatic rings. The predicted octanol–water partition coefficient (Wildman–Crippen LogP) is 6.46. The molecule has 0 bridgehead atoms. The number of hydrogen-bond donors (Lipinski definition) is 3. The first-order valence-corrected chi connectivity index (χ1v) is 15.7. The molecular formula is C35H43N5O. The van der Waals surface area contributed by atoms with Crippen molar-refractivity contribution in [3.8, 4) is 5.75 Å². The highest BCUT2D eigenvalue weighted by molar-refractivity contribution is 5.90. The van der Waals surface area contributed by atoms with Crippen molar-refractivity contribution in [3.05, 3.63) is 77.1 Å². The fourth-order valence-electron chi connectivity index (χ4n) is 9.04. The summed E-state index contributed by atoms with van der Waals surface area (Å²) >= 11 is 0. The number of phenols is 1. The number of nitrogens with one attached hydrogen (secondary N) is 2. The van der Waals surface area contributed by atoms with E-state index in [1.54, 1.807) is 0 Å². The molecule has 214 valence electrons. The Labute approximate surface area is 243 Å². The van der Waals surface area contributed by atoms with Gasteiger partial charge in [0.1, 0.15) is 5.75 Å². The van der Waals surface area contributed by atoms with Crippen LogP contribution < -0.4 is 0 Å².